The zero-order chi connectivity index (χ0) is 26.1. The van der Waals surface area contributed by atoms with E-state index in [1.165, 1.54) is 6.26 Å². The summed E-state index contributed by atoms with van der Waals surface area (Å²) < 4.78 is 16.9. The maximum Gasteiger partial charge on any atom is 0.336 e. The zero-order valence-electron chi connectivity index (χ0n) is 21.0. The van der Waals surface area contributed by atoms with Crippen molar-refractivity contribution in [2.75, 3.05) is 13.2 Å². The van der Waals surface area contributed by atoms with Crippen molar-refractivity contribution in [1.82, 2.24) is 5.32 Å². The fourth-order valence-electron chi connectivity index (χ4n) is 5.13. The summed E-state index contributed by atoms with van der Waals surface area (Å²) in [6.07, 6.45) is 2.31. The average Bonchev–Trinajstić information content (AvgIpc) is 3.41. The summed E-state index contributed by atoms with van der Waals surface area (Å²) in [5.74, 6) is -1.52. The number of carbonyl (C=O) groups excluding carboxylic acids is 2. The van der Waals surface area contributed by atoms with Crippen LogP contribution in [0.3, 0.4) is 0 Å². The van der Waals surface area contributed by atoms with E-state index >= 15 is 0 Å². The summed E-state index contributed by atoms with van der Waals surface area (Å²) in [4.78, 5) is 41.9. The lowest BCUT2D eigenvalue weighted by molar-refractivity contribution is -0.141. The van der Waals surface area contributed by atoms with Crippen molar-refractivity contribution in [3.8, 4) is 0 Å². The minimum atomic E-state index is -0.882. The van der Waals surface area contributed by atoms with E-state index in [2.05, 4.69) is 5.32 Å². The van der Waals surface area contributed by atoms with Gasteiger partial charge in [-0.25, -0.2) is 4.79 Å². The van der Waals surface area contributed by atoms with E-state index in [9.17, 15) is 14.4 Å². The van der Waals surface area contributed by atoms with Crippen LogP contribution >= 0.6 is 11.3 Å². The van der Waals surface area contributed by atoms with Gasteiger partial charge in [0, 0.05) is 39.7 Å². The quantitative estimate of drug-likeness (QED) is 0.339. The number of nitrogens with one attached hydrogen (secondary N) is 1. The maximum atomic E-state index is 13.7. The first-order chi connectivity index (χ1) is 17.8. The number of fused-ring (bicyclic) bond motifs is 1. The molecule has 8 heteroatoms. The van der Waals surface area contributed by atoms with E-state index in [0.29, 0.717) is 35.1 Å². The van der Waals surface area contributed by atoms with Gasteiger partial charge in [-0.2, -0.15) is 0 Å². The second-order valence-corrected chi connectivity index (χ2v) is 10.6. The largest absolute Gasteiger partial charge is 0.464 e. The van der Waals surface area contributed by atoms with Crippen LogP contribution < -0.4 is 10.7 Å². The number of para-hydroxylation sites is 1. The second kappa shape index (κ2) is 10.5. The molecular weight excluding hydrogens is 490 g/mol. The Hall–Kier alpha value is -3.49. The highest BCUT2D eigenvalue weighted by atomic mass is 32.1. The van der Waals surface area contributed by atoms with E-state index in [1.54, 1.807) is 42.5 Å². The number of dihydropyridines is 1. The van der Waals surface area contributed by atoms with Gasteiger partial charge in [0.1, 0.15) is 12.2 Å². The molecule has 0 amide bonds. The number of Topliss-reactive ketones (excluding diaryl/α,β-unsaturated/α-hetero) is 1. The molecule has 5 rings (SSSR count). The van der Waals surface area contributed by atoms with Crippen molar-refractivity contribution in [3.05, 3.63) is 91.2 Å². The molecule has 0 fully saturated rings. The summed E-state index contributed by atoms with van der Waals surface area (Å²) in [6.45, 7) is 5.90. The lowest BCUT2D eigenvalue weighted by Crippen LogP contribution is -2.37. The number of hydrogen-bond acceptors (Lipinski definition) is 8. The summed E-state index contributed by atoms with van der Waals surface area (Å²) in [5.41, 5.74) is 2.41. The van der Waals surface area contributed by atoms with Crippen molar-refractivity contribution < 1.29 is 23.5 Å². The van der Waals surface area contributed by atoms with Crippen LogP contribution in [0.5, 0.6) is 0 Å². The highest BCUT2D eigenvalue weighted by Gasteiger charge is 2.43. The second-order valence-electron chi connectivity index (χ2n) is 9.60. The van der Waals surface area contributed by atoms with Crippen LogP contribution in [-0.2, 0) is 19.1 Å². The van der Waals surface area contributed by atoms with Gasteiger partial charge in [0.05, 0.1) is 35.9 Å². The number of benzene rings is 1. The predicted octanol–water partition coefficient (Wildman–Crippen LogP) is 5.18. The molecule has 0 unspecified atom stereocenters. The number of ketones is 1. The van der Waals surface area contributed by atoms with Crippen molar-refractivity contribution in [2.45, 2.75) is 51.6 Å². The number of carbonyl (C=O) groups is 2. The third kappa shape index (κ3) is 4.91. The lowest BCUT2D eigenvalue weighted by atomic mass is 9.73. The van der Waals surface area contributed by atoms with Crippen molar-refractivity contribution >= 4 is 34.1 Å². The molecule has 192 valence electrons. The van der Waals surface area contributed by atoms with Gasteiger partial charge >= 0.3 is 5.97 Å². The number of esters is 1. The summed E-state index contributed by atoms with van der Waals surface area (Å²) in [6, 6.07) is 11.0. The van der Waals surface area contributed by atoms with E-state index in [-0.39, 0.29) is 47.6 Å². The van der Waals surface area contributed by atoms with E-state index in [4.69, 9.17) is 13.9 Å². The van der Waals surface area contributed by atoms with Crippen LogP contribution in [0.1, 0.15) is 55.9 Å². The summed E-state index contributed by atoms with van der Waals surface area (Å²) >= 11 is 1.63. The Morgan fingerprint density at radius 3 is 2.70 bits per heavy atom. The van der Waals surface area contributed by atoms with Crippen molar-refractivity contribution in [3.63, 3.8) is 0 Å². The molecule has 0 bridgehead atoms. The molecule has 0 saturated heterocycles. The van der Waals surface area contributed by atoms with Crippen LogP contribution in [0.2, 0.25) is 0 Å². The Balaban J connectivity index is 1.58. The number of hydrogen-bond donors (Lipinski definition) is 1. The van der Waals surface area contributed by atoms with Crippen LogP contribution in [0.25, 0.3) is 11.0 Å². The Bertz CT molecular complexity index is 1460. The van der Waals surface area contributed by atoms with Crippen molar-refractivity contribution in [2.24, 2.45) is 0 Å². The summed E-state index contributed by atoms with van der Waals surface area (Å²) in [7, 11) is 0. The van der Waals surface area contributed by atoms with Gasteiger partial charge in [-0.1, -0.05) is 18.2 Å². The Morgan fingerprint density at radius 1 is 1.14 bits per heavy atom. The maximum absolute atomic E-state index is 13.7. The molecule has 7 nitrogen and oxygen atoms in total. The first-order valence-corrected chi connectivity index (χ1v) is 13.3. The predicted molar refractivity (Wildman–Crippen MR) is 141 cm³/mol. The smallest absolute Gasteiger partial charge is 0.336 e. The summed E-state index contributed by atoms with van der Waals surface area (Å²) in [5, 5.41) is 5.72. The minimum absolute atomic E-state index is 0.00912. The van der Waals surface area contributed by atoms with Crippen LogP contribution in [0, 0.1) is 0 Å². The van der Waals surface area contributed by atoms with Crippen LogP contribution in [0.15, 0.2) is 79.8 Å². The molecule has 3 aromatic rings. The molecule has 2 aliphatic rings. The van der Waals surface area contributed by atoms with Gasteiger partial charge < -0.3 is 19.2 Å². The van der Waals surface area contributed by atoms with E-state index in [0.717, 1.165) is 10.6 Å². The SMILES string of the molecule is CC1=C(C(=O)OCCOC(C)C)[C@@H](c2coc3ccccc3c2=O)C2=C(C[C@@H](c3cccs3)CC2=O)N1. The molecule has 1 N–H and O–H groups in total. The first kappa shape index (κ1) is 25.2. The Morgan fingerprint density at radius 2 is 1.95 bits per heavy atom. The lowest BCUT2D eigenvalue weighted by Gasteiger charge is -2.36. The molecule has 37 heavy (non-hydrogen) atoms. The topological polar surface area (TPSA) is 94.8 Å². The zero-order valence-corrected chi connectivity index (χ0v) is 21.9. The molecule has 0 radical (unpaired) electrons. The first-order valence-electron chi connectivity index (χ1n) is 12.4. The van der Waals surface area contributed by atoms with Gasteiger partial charge in [0.2, 0.25) is 0 Å². The molecular formula is C29H29NO6S. The third-order valence-electron chi connectivity index (χ3n) is 6.78. The number of ether oxygens (including phenoxy) is 2. The number of rotatable bonds is 7. The van der Waals surface area contributed by atoms with Gasteiger partial charge in [-0.05, 0) is 50.8 Å². The Labute approximate surface area is 218 Å². The van der Waals surface area contributed by atoms with Crippen molar-refractivity contribution in [1.29, 1.82) is 0 Å². The molecule has 2 aromatic heterocycles. The number of thiophene rings is 1. The van der Waals surface area contributed by atoms with Gasteiger partial charge in [-0.3, -0.25) is 9.59 Å². The monoisotopic (exact) mass is 519 g/mol. The average molecular weight is 520 g/mol. The van der Waals surface area contributed by atoms with Gasteiger partial charge in [0.15, 0.2) is 11.2 Å². The van der Waals surface area contributed by atoms with Gasteiger partial charge in [0.25, 0.3) is 0 Å². The fraction of sp³-hybridized carbons (Fsp3) is 0.345. The molecule has 2 atom stereocenters. The molecule has 0 spiro atoms. The van der Waals surface area contributed by atoms with E-state index in [1.807, 2.05) is 31.4 Å². The number of allylic oxidation sites excluding steroid dienone is 3. The van der Waals surface area contributed by atoms with Gasteiger partial charge in [-0.15, -0.1) is 11.3 Å². The highest BCUT2D eigenvalue weighted by molar-refractivity contribution is 7.10. The molecule has 1 aliphatic carbocycles. The molecule has 3 heterocycles. The minimum Gasteiger partial charge on any atom is -0.464 e. The van der Waals surface area contributed by atoms with Crippen LogP contribution in [-0.4, -0.2) is 31.1 Å². The van der Waals surface area contributed by atoms with Crippen LogP contribution in [0.4, 0.5) is 0 Å². The van der Waals surface area contributed by atoms with E-state index < -0.39 is 11.9 Å². The Kier molecular flexibility index (Phi) is 7.13. The normalized spacial score (nSPS) is 19.8. The fourth-order valence-corrected chi connectivity index (χ4v) is 5.96. The third-order valence-corrected chi connectivity index (χ3v) is 7.81. The standard InChI is InChI=1S/C29H29NO6S/c1-16(2)34-10-11-35-29(33)25-17(3)30-21-13-18(24-9-6-12-37-24)14-22(31)27(21)26(25)20-15-36-23-8-5-4-7-19(23)28(20)32/h4-9,12,15-16,18,26,30H,10-11,13-14H2,1-3H3/t18-,26-/m1/s1. The highest BCUT2D eigenvalue weighted by Crippen LogP contribution is 2.45. The molecule has 1 aliphatic heterocycles. The molecule has 1 aromatic carbocycles. The molecule has 0 saturated carbocycles.